The Labute approximate surface area is 196 Å². The van der Waals surface area contributed by atoms with E-state index in [1.807, 2.05) is 13.0 Å². The molecule has 1 aliphatic carbocycles. The second kappa shape index (κ2) is 8.80. The summed E-state index contributed by atoms with van der Waals surface area (Å²) in [5, 5.41) is 4.51. The zero-order valence-electron chi connectivity index (χ0n) is 18.6. The van der Waals surface area contributed by atoms with Crippen molar-refractivity contribution in [2.75, 3.05) is 31.1 Å². The van der Waals surface area contributed by atoms with E-state index in [1.54, 1.807) is 24.3 Å². The van der Waals surface area contributed by atoms with Crippen LogP contribution in [0.1, 0.15) is 43.5 Å². The first kappa shape index (κ1) is 22.5. The quantitative estimate of drug-likeness (QED) is 0.475. The molecule has 0 radical (unpaired) electrons. The van der Waals surface area contributed by atoms with Gasteiger partial charge in [0, 0.05) is 49.0 Å². The molecule has 0 unspecified atom stereocenters. The molecule has 1 aliphatic heterocycles. The van der Waals surface area contributed by atoms with Crippen LogP contribution < -0.4 is 4.90 Å². The second-order valence-corrected chi connectivity index (χ2v) is 9.47. The summed E-state index contributed by atoms with van der Waals surface area (Å²) >= 11 is 5.97. The Morgan fingerprint density at radius 1 is 0.970 bits per heavy atom. The van der Waals surface area contributed by atoms with Crippen molar-refractivity contribution in [2.45, 2.75) is 51.2 Å². The van der Waals surface area contributed by atoms with E-state index in [2.05, 4.69) is 19.9 Å². The highest BCUT2D eigenvalue weighted by atomic mass is 35.5. The number of alkyl halides is 3. The lowest BCUT2D eigenvalue weighted by Crippen LogP contribution is -2.51. The fraction of sp³-hybridized carbons (Fsp3) is 0.500. The molecule has 1 aromatic carbocycles. The molecule has 1 saturated carbocycles. The Morgan fingerprint density at radius 3 is 2.27 bits per heavy atom. The van der Waals surface area contributed by atoms with Gasteiger partial charge in [-0.1, -0.05) is 43.0 Å². The maximum absolute atomic E-state index is 14.0. The summed E-state index contributed by atoms with van der Waals surface area (Å²) in [7, 11) is 0. The number of aryl methyl sites for hydroxylation is 1. The summed E-state index contributed by atoms with van der Waals surface area (Å²) < 4.78 is 43.5. The number of benzene rings is 1. The third-order valence-corrected chi connectivity index (χ3v) is 7.08. The lowest BCUT2D eigenvalue weighted by molar-refractivity contribution is -0.140. The van der Waals surface area contributed by atoms with Crippen LogP contribution in [0, 0.1) is 6.92 Å². The highest BCUT2D eigenvalue weighted by Gasteiger charge is 2.40. The molecule has 5 rings (SSSR count). The van der Waals surface area contributed by atoms with Crippen LogP contribution in [0.15, 0.2) is 30.3 Å². The summed E-state index contributed by atoms with van der Waals surface area (Å²) in [6, 6.07) is 8.81. The zero-order chi connectivity index (χ0) is 23.2. The van der Waals surface area contributed by atoms with Crippen LogP contribution in [0.3, 0.4) is 0 Å². The van der Waals surface area contributed by atoms with Gasteiger partial charge in [0.1, 0.15) is 5.82 Å². The number of rotatable bonds is 3. The van der Waals surface area contributed by atoms with Crippen LogP contribution in [0.4, 0.5) is 19.0 Å². The molecular weight excluding hydrogens is 451 g/mol. The largest absolute Gasteiger partial charge is 0.435 e. The minimum absolute atomic E-state index is 0.00930. The molecule has 176 valence electrons. The van der Waals surface area contributed by atoms with E-state index in [9.17, 15) is 13.2 Å². The third kappa shape index (κ3) is 4.43. The number of anilines is 1. The van der Waals surface area contributed by atoms with Gasteiger partial charge in [-0.3, -0.25) is 4.90 Å². The van der Waals surface area contributed by atoms with Crippen molar-refractivity contribution in [1.29, 1.82) is 0 Å². The Kier molecular flexibility index (Phi) is 5.99. The normalized spacial score (nSPS) is 18.9. The van der Waals surface area contributed by atoms with Crippen LogP contribution >= 0.6 is 11.6 Å². The maximum atomic E-state index is 14.0. The van der Waals surface area contributed by atoms with Crippen molar-refractivity contribution in [2.24, 2.45) is 0 Å². The molecule has 0 bridgehead atoms. The molecule has 2 aromatic heterocycles. The van der Waals surface area contributed by atoms with Crippen LogP contribution in [0.2, 0.25) is 5.02 Å². The standard InChI is InChI=1S/C24H27ClF3N5/c1-16-15-20(32-13-11-31(12-14-32)19-5-3-2-4-6-19)33-23(29-16)21(22(30-33)24(26,27)28)17-7-9-18(25)10-8-17/h7-10,15,19H,2-6,11-14H2,1H3. The van der Waals surface area contributed by atoms with Crippen molar-refractivity contribution in [3.63, 3.8) is 0 Å². The minimum Gasteiger partial charge on any atom is -0.354 e. The summed E-state index contributed by atoms with van der Waals surface area (Å²) in [5.74, 6) is 0.659. The first-order valence-electron chi connectivity index (χ1n) is 11.5. The first-order chi connectivity index (χ1) is 15.8. The number of piperazine rings is 1. The molecule has 2 aliphatic rings. The fourth-order valence-electron chi connectivity index (χ4n) is 5.19. The van der Waals surface area contributed by atoms with E-state index in [4.69, 9.17) is 11.6 Å². The molecule has 33 heavy (non-hydrogen) atoms. The topological polar surface area (TPSA) is 36.7 Å². The number of hydrogen-bond donors (Lipinski definition) is 0. The van der Waals surface area contributed by atoms with Gasteiger partial charge >= 0.3 is 6.18 Å². The molecule has 2 fully saturated rings. The van der Waals surface area contributed by atoms with Crippen molar-refractivity contribution in [3.8, 4) is 11.1 Å². The van der Waals surface area contributed by atoms with Gasteiger partial charge in [-0.05, 0) is 37.5 Å². The number of hydrogen-bond acceptors (Lipinski definition) is 4. The van der Waals surface area contributed by atoms with E-state index in [1.165, 1.54) is 36.6 Å². The van der Waals surface area contributed by atoms with E-state index in [-0.39, 0.29) is 11.2 Å². The molecule has 3 heterocycles. The predicted octanol–water partition coefficient (Wildman–Crippen LogP) is 5.83. The van der Waals surface area contributed by atoms with Gasteiger partial charge in [-0.15, -0.1) is 0 Å². The Balaban J connectivity index is 1.53. The SMILES string of the molecule is Cc1cc(N2CCN(C3CCCCC3)CC2)n2nc(C(F)(F)F)c(-c3ccc(Cl)cc3)c2n1. The van der Waals surface area contributed by atoms with E-state index in [0.29, 0.717) is 28.1 Å². The van der Waals surface area contributed by atoms with Gasteiger partial charge in [0.15, 0.2) is 11.3 Å². The molecule has 0 atom stereocenters. The predicted molar refractivity (Wildman–Crippen MR) is 124 cm³/mol. The van der Waals surface area contributed by atoms with Crippen LogP contribution in [-0.2, 0) is 6.18 Å². The maximum Gasteiger partial charge on any atom is 0.435 e. The van der Waals surface area contributed by atoms with E-state index in [0.717, 1.165) is 26.2 Å². The van der Waals surface area contributed by atoms with Gasteiger partial charge in [-0.25, -0.2) is 4.98 Å². The van der Waals surface area contributed by atoms with Gasteiger partial charge in [-0.2, -0.15) is 22.8 Å². The first-order valence-corrected chi connectivity index (χ1v) is 11.9. The number of nitrogens with zero attached hydrogens (tertiary/aromatic N) is 5. The number of aromatic nitrogens is 3. The zero-order valence-corrected chi connectivity index (χ0v) is 19.3. The van der Waals surface area contributed by atoms with Crippen LogP contribution in [0.25, 0.3) is 16.8 Å². The van der Waals surface area contributed by atoms with Crippen molar-refractivity contribution >= 4 is 23.1 Å². The molecule has 5 nitrogen and oxygen atoms in total. The molecule has 0 N–H and O–H groups in total. The van der Waals surface area contributed by atoms with Crippen molar-refractivity contribution in [3.05, 3.63) is 46.7 Å². The second-order valence-electron chi connectivity index (χ2n) is 9.03. The molecule has 0 amide bonds. The van der Waals surface area contributed by atoms with Crippen molar-refractivity contribution < 1.29 is 13.2 Å². The summed E-state index contributed by atoms with van der Waals surface area (Å²) in [6.45, 7) is 5.14. The van der Waals surface area contributed by atoms with Crippen molar-refractivity contribution in [1.82, 2.24) is 19.5 Å². The van der Waals surface area contributed by atoms with Gasteiger partial charge in [0.05, 0.1) is 5.56 Å². The lowest BCUT2D eigenvalue weighted by Gasteiger charge is -2.41. The average Bonchev–Trinajstić information content (AvgIpc) is 3.20. The fourth-order valence-corrected chi connectivity index (χ4v) is 5.31. The van der Waals surface area contributed by atoms with Gasteiger partial charge < -0.3 is 4.90 Å². The third-order valence-electron chi connectivity index (χ3n) is 6.83. The van der Waals surface area contributed by atoms with Crippen LogP contribution in [0.5, 0.6) is 0 Å². The molecule has 9 heteroatoms. The summed E-state index contributed by atoms with van der Waals surface area (Å²) in [4.78, 5) is 9.17. The highest BCUT2D eigenvalue weighted by Crippen LogP contribution is 2.40. The molecule has 3 aromatic rings. The van der Waals surface area contributed by atoms with Gasteiger partial charge in [0.25, 0.3) is 0 Å². The van der Waals surface area contributed by atoms with E-state index >= 15 is 0 Å². The average molecular weight is 478 g/mol. The molecule has 1 saturated heterocycles. The Morgan fingerprint density at radius 2 is 1.64 bits per heavy atom. The molecular formula is C24H27ClF3N5. The highest BCUT2D eigenvalue weighted by molar-refractivity contribution is 6.30. The minimum atomic E-state index is -4.60. The smallest absolute Gasteiger partial charge is 0.354 e. The van der Waals surface area contributed by atoms with E-state index < -0.39 is 11.9 Å². The van der Waals surface area contributed by atoms with Gasteiger partial charge in [0.2, 0.25) is 0 Å². The Hall–Kier alpha value is -2.32. The lowest BCUT2D eigenvalue weighted by atomic mass is 9.94. The summed E-state index contributed by atoms with van der Waals surface area (Å²) in [5.41, 5.74) is 0.341. The monoisotopic (exact) mass is 477 g/mol. The molecule has 0 spiro atoms. The van der Waals surface area contributed by atoms with Crippen LogP contribution in [-0.4, -0.2) is 51.7 Å². The number of halogens is 4. The number of fused-ring (bicyclic) bond motifs is 1. The Bertz CT molecular complexity index is 1130. The summed E-state index contributed by atoms with van der Waals surface area (Å²) in [6.07, 6.45) is 1.79.